The van der Waals surface area contributed by atoms with Gasteiger partial charge in [0.2, 0.25) is 0 Å². The smallest absolute Gasteiger partial charge is 0.261 e. The van der Waals surface area contributed by atoms with Gasteiger partial charge < -0.3 is 15.1 Å². The summed E-state index contributed by atoms with van der Waals surface area (Å²) in [6.07, 6.45) is 0.691. The van der Waals surface area contributed by atoms with Crippen molar-refractivity contribution in [3.05, 3.63) is 125 Å². The lowest BCUT2D eigenvalue weighted by atomic mass is 10.1. The predicted molar refractivity (Wildman–Crippen MR) is 170 cm³/mol. The maximum Gasteiger partial charge on any atom is 0.261 e. The van der Waals surface area contributed by atoms with Gasteiger partial charge >= 0.3 is 0 Å². The first-order valence-electron chi connectivity index (χ1n) is 14.5. The van der Waals surface area contributed by atoms with Crippen LogP contribution in [0.4, 0.5) is 15.8 Å². The molecule has 0 radical (unpaired) electrons. The molecule has 10 heteroatoms. The number of sulfonamides is 1. The molecule has 0 atom stereocenters. The third-order valence-corrected chi connectivity index (χ3v) is 9.01. The summed E-state index contributed by atoms with van der Waals surface area (Å²) in [5.41, 5.74) is 4.53. The number of rotatable bonds is 8. The molecule has 1 aliphatic rings. The molecule has 0 aromatic heterocycles. The second kappa shape index (κ2) is 13.3. The lowest BCUT2D eigenvalue weighted by molar-refractivity contribution is 0.0766. The summed E-state index contributed by atoms with van der Waals surface area (Å²) in [5, 5.41) is 2.88. The van der Waals surface area contributed by atoms with Gasteiger partial charge in [-0.05, 0) is 80.4 Å². The Hall–Kier alpha value is -4.70. The molecule has 2 N–H and O–H groups in total. The molecule has 5 rings (SSSR count). The van der Waals surface area contributed by atoms with Gasteiger partial charge in [-0.25, -0.2) is 12.8 Å². The van der Waals surface area contributed by atoms with Crippen molar-refractivity contribution in [3.63, 3.8) is 0 Å². The van der Waals surface area contributed by atoms with Crippen LogP contribution in [-0.2, 0) is 16.6 Å². The van der Waals surface area contributed by atoms with E-state index in [4.69, 9.17) is 0 Å². The van der Waals surface area contributed by atoms with Crippen LogP contribution in [0.25, 0.3) is 0 Å². The molecule has 0 bridgehead atoms. The highest BCUT2D eigenvalue weighted by Gasteiger charge is 2.24. The Kier molecular flexibility index (Phi) is 9.29. The van der Waals surface area contributed by atoms with Crippen LogP contribution in [-0.4, -0.2) is 51.3 Å². The summed E-state index contributed by atoms with van der Waals surface area (Å²) in [7, 11) is -3.90. The van der Waals surface area contributed by atoms with E-state index in [-0.39, 0.29) is 34.4 Å². The number of carbonyl (C=O) groups excluding carboxylic acids is 2. The van der Waals surface area contributed by atoms with Gasteiger partial charge in [-0.2, -0.15) is 0 Å². The van der Waals surface area contributed by atoms with Gasteiger partial charge in [0.05, 0.1) is 10.5 Å². The minimum Gasteiger partial charge on any atom is -0.369 e. The van der Waals surface area contributed by atoms with Crippen molar-refractivity contribution in [2.24, 2.45) is 0 Å². The van der Waals surface area contributed by atoms with Gasteiger partial charge in [-0.1, -0.05) is 47.5 Å². The molecule has 0 unspecified atom stereocenters. The number of anilines is 2. The number of aryl methyl sites for hydroxylation is 2. The Bertz CT molecular complexity index is 1740. The fraction of sp³-hybridized carbons (Fsp3) is 0.235. The second-order valence-electron chi connectivity index (χ2n) is 11.0. The molecule has 1 heterocycles. The minimum absolute atomic E-state index is 0.0371. The summed E-state index contributed by atoms with van der Waals surface area (Å²) in [5.74, 6) is -0.811. The highest BCUT2D eigenvalue weighted by atomic mass is 32.2. The summed E-state index contributed by atoms with van der Waals surface area (Å²) < 4.78 is 42.2. The Morgan fingerprint density at radius 1 is 0.795 bits per heavy atom. The zero-order valence-electron chi connectivity index (χ0n) is 24.7. The zero-order valence-corrected chi connectivity index (χ0v) is 25.5. The predicted octanol–water partition coefficient (Wildman–Crippen LogP) is 5.53. The summed E-state index contributed by atoms with van der Waals surface area (Å²) in [4.78, 5) is 30.8. The Morgan fingerprint density at radius 2 is 1.45 bits per heavy atom. The molecule has 228 valence electrons. The Morgan fingerprint density at radius 3 is 2.14 bits per heavy atom. The molecule has 4 aromatic carbocycles. The third kappa shape index (κ3) is 7.44. The van der Waals surface area contributed by atoms with Crippen LogP contribution in [0.1, 0.15) is 43.8 Å². The van der Waals surface area contributed by atoms with Crippen molar-refractivity contribution in [3.8, 4) is 0 Å². The van der Waals surface area contributed by atoms with E-state index in [9.17, 15) is 22.4 Å². The van der Waals surface area contributed by atoms with Gasteiger partial charge in [0.25, 0.3) is 21.8 Å². The largest absolute Gasteiger partial charge is 0.369 e. The molecular weight excluding hydrogens is 579 g/mol. The fourth-order valence-corrected chi connectivity index (χ4v) is 6.16. The van der Waals surface area contributed by atoms with E-state index in [0.717, 1.165) is 16.7 Å². The molecule has 8 nitrogen and oxygen atoms in total. The number of halogens is 1. The van der Waals surface area contributed by atoms with Crippen molar-refractivity contribution in [1.29, 1.82) is 0 Å². The Balaban J connectivity index is 1.39. The summed E-state index contributed by atoms with van der Waals surface area (Å²) in [6.45, 7) is 6.14. The number of amides is 2. The zero-order chi connectivity index (χ0) is 31.3. The topological polar surface area (TPSA) is 98.8 Å². The molecule has 4 aromatic rings. The first-order valence-corrected chi connectivity index (χ1v) is 15.9. The summed E-state index contributed by atoms with van der Waals surface area (Å²) >= 11 is 0. The molecule has 1 fully saturated rings. The van der Waals surface area contributed by atoms with Crippen LogP contribution in [0.3, 0.4) is 0 Å². The average molecular weight is 615 g/mol. The SMILES string of the molecule is Cc1ccc(C(=O)N2CCCN(c3ccc(NS(=O)(=O)c4ccc(C)cc4)cc3C(=O)NCc3ccc(F)cc3)CC2)cc1. The normalized spacial score (nSPS) is 13.7. The van der Waals surface area contributed by atoms with Crippen LogP contribution in [0.2, 0.25) is 0 Å². The van der Waals surface area contributed by atoms with Crippen LogP contribution < -0.4 is 14.9 Å². The van der Waals surface area contributed by atoms with Gasteiger partial charge in [0.15, 0.2) is 0 Å². The highest BCUT2D eigenvalue weighted by Crippen LogP contribution is 2.28. The van der Waals surface area contributed by atoms with E-state index in [1.165, 1.54) is 30.3 Å². The number of nitrogens with zero attached hydrogens (tertiary/aromatic N) is 2. The lowest BCUT2D eigenvalue weighted by Crippen LogP contribution is -2.36. The quantitative estimate of drug-likeness (QED) is 0.272. The summed E-state index contributed by atoms with van der Waals surface area (Å²) in [6, 6.07) is 24.8. The third-order valence-electron chi connectivity index (χ3n) is 7.61. The van der Waals surface area contributed by atoms with Crippen LogP contribution in [0.15, 0.2) is 95.9 Å². The molecule has 1 saturated heterocycles. The van der Waals surface area contributed by atoms with Crippen LogP contribution >= 0.6 is 0 Å². The number of benzene rings is 4. The lowest BCUT2D eigenvalue weighted by Gasteiger charge is -2.26. The minimum atomic E-state index is -3.90. The van der Waals surface area contributed by atoms with E-state index >= 15 is 0 Å². The molecule has 0 aliphatic carbocycles. The highest BCUT2D eigenvalue weighted by molar-refractivity contribution is 7.92. The van der Waals surface area contributed by atoms with Crippen molar-refractivity contribution >= 4 is 33.2 Å². The molecular formula is C34H35FN4O4S. The van der Waals surface area contributed by atoms with E-state index in [1.807, 2.05) is 47.9 Å². The van der Waals surface area contributed by atoms with Gasteiger partial charge in [-0.3, -0.25) is 14.3 Å². The molecule has 44 heavy (non-hydrogen) atoms. The average Bonchev–Trinajstić information content (AvgIpc) is 3.27. The maximum absolute atomic E-state index is 13.6. The second-order valence-corrected chi connectivity index (χ2v) is 12.6. The van der Waals surface area contributed by atoms with Gasteiger partial charge in [-0.15, -0.1) is 0 Å². The van der Waals surface area contributed by atoms with Crippen molar-refractivity contribution in [2.45, 2.75) is 31.7 Å². The van der Waals surface area contributed by atoms with Gasteiger partial charge in [0, 0.05) is 49.7 Å². The van der Waals surface area contributed by atoms with Gasteiger partial charge in [0.1, 0.15) is 5.82 Å². The fourth-order valence-electron chi connectivity index (χ4n) is 5.11. The van der Waals surface area contributed by atoms with Crippen LogP contribution in [0, 0.1) is 19.7 Å². The number of carbonyl (C=O) groups is 2. The molecule has 0 spiro atoms. The van der Waals surface area contributed by atoms with Crippen LogP contribution in [0.5, 0.6) is 0 Å². The van der Waals surface area contributed by atoms with E-state index in [1.54, 1.807) is 36.4 Å². The first kappa shape index (κ1) is 30.7. The van der Waals surface area contributed by atoms with E-state index in [2.05, 4.69) is 10.0 Å². The standard InChI is InChI=1S/C34H35FN4O4S/c1-24-4-10-27(11-5-24)34(41)39-19-3-18-38(20-21-39)32-17-14-29(37-44(42,43)30-15-6-25(2)7-16-30)22-31(32)33(40)36-23-26-8-12-28(35)13-9-26/h4-17,22,37H,3,18-21,23H2,1-2H3,(H,36,40). The maximum atomic E-state index is 13.6. The molecule has 1 aliphatic heterocycles. The number of nitrogens with one attached hydrogen (secondary N) is 2. The first-order chi connectivity index (χ1) is 21.1. The Labute approximate surface area is 257 Å². The monoisotopic (exact) mass is 614 g/mol. The van der Waals surface area contributed by atoms with E-state index < -0.39 is 15.9 Å². The molecule has 0 saturated carbocycles. The van der Waals surface area contributed by atoms with Crippen molar-refractivity contribution in [1.82, 2.24) is 10.2 Å². The number of hydrogen-bond donors (Lipinski definition) is 2. The number of hydrogen-bond acceptors (Lipinski definition) is 5. The van der Waals surface area contributed by atoms with E-state index in [0.29, 0.717) is 43.9 Å². The van der Waals surface area contributed by atoms with Crippen molar-refractivity contribution in [2.75, 3.05) is 35.8 Å². The van der Waals surface area contributed by atoms with Crippen molar-refractivity contribution < 1.29 is 22.4 Å². The molecule has 2 amide bonds.